The van der Waals surface area contributed by atoms with E-state index in [-0.39, 0.29) is 0 Å². The first-order valence-electron chi connectivity index (χ1n) is 6.38. The Labute approximate surface area is 125 Å². The van der Waals surface area contributed by atoms with Crippen molar-refractivity contribution in [2.24, 2.45) is 0 Å². The Hall–Kier alpha value is -1.44. The molecule has 0 aliphatic heterocycles. The predicted molar refractivity (Wildman–Crippen MR) is 81.9 cm³/mol. The third kappa shape index (κ3) is 2.56. The highest BCUT2D eigenvalue weighted by molar-refractivity contribution is 7.15. The van der Waals surface area contributed by atoms with Gasteiger partial charge in [-0.25, -0.2) is 4.98 Å². The maximum absolute atomic E-state index is 5.34. The maximum Gasteiger partial charge on any atom is 0.237 e. The Morgan fingerprint density at radius 3 is 3.05 bits per heavy atom. The van der Waals surface area contributed by atoms with Crippen molar-refractivity contribution in [3.05, 3.63) is 33.9 Å². The second-order valence-electron chi connectivity index (χ2n) is 4.53. The lowest BCUT2D eigenvalue weighted by Crippen LogP contribution is -2.20. The first kappa shape index (κ1) is 13.5. The number of hydrogen-bond donors (Lipinski definition) is 1. The molecule has 20 heavy (non-hydrogen) atoms. The van der Waals surface area contributed by atoms with Gasteiger partial charge in [0.1, 0.15) is 5.69 Å². The molecule has 106 valence electrons. The average Bonchev–Trinajstić information content (AvgIpc) is 3.16. The quantitative estimate of drug-likeness (QED) is 0.761. The highest BCUT2D eigenvalue weighted by Gasteiger charge is 2.14. The van der Waals surface area contributed by atoms with Gasteiger partial charge in [-0.05, 0) is 0 Å². The maximum atomic E-state index is 5.34. The first-order chi connectivity index (χ1) is 9.79. The van der Waals surface area contributed by atoms with Crippen LogP contribution >= 0.6 is 22.7 Å². The van der Waals surface area contributed by atoms with Crippen LogP contribution in [-0.4, -0.2) is 28.0 Å². The zero-order valence-corrected chi connectivity index (χ0v) is 13.0. The zero-order valence-electron chi connectivity index (χ0n) is 11.4. The molecular weight excluding hydrogens is 292 g/mol. The molecule has 1 N–H and O–H groups in total. The number of thiazole rings is 2. The Morgan fingerprint density at radius 1 is 1.40 bits per heavy atom. The summed E-state index contributed by atoms with van der Waals surface area (Å²) in [5, 5.41) is 8.67. The highest BCUT2D eigenvalue weighted by Crippen LogP contribution is 2.23. The summed E-state index contributed by atoms with van der Waals surface area (Å²) in [6.07, 6.45) is 3.88. The molecule has 0 bridgehead atoms. The van der Waals surface area contributed by atoms with Gasteiger partial charge >= 0.3 is 0 Å². The van der Waals surface area contributed by atoms with Crippen LogP contribution in [-0.2, 0) is 6.54 Å². The van der Waals surface area contributed by atoms with Crippen LogP contribution in [0.5, 0.6) is 5.88 Å². The molecule has 0 aliphatic rings. The molecule has 0 saturated carbocycles. The average molecular weight is 308 g/mol. The molecule has 0 radical (unpaired) electrons. The number of nitrogens with one attached hydrogen (secondary N) is 1. The molecule has 0 saturated heterocycles. The van der Waals surface area contributed by atoms with Crippen molar-refractivity contribution in [1.29, 1.82) is 0 Å². The fourth-order valence-corrected chi connectivity index (χ4v) is 3.53. The van der Waals surface area contributed by atoms with Crippen LogP contribution in [0.4, 0.5) is 0 Å². The number of aromatic nitrogens is 3. The number of imidazole rings is 1. The number of hydrogen-bond acceptors (Lipinski definition) is 6. The molecule has 3 heterocycles. The lowest BCUT2D eigenvalue weighted by molar-refractivity contribution is 0.392. The van der Waals surface area contributed by atoms with E-state index in [2.05, 4.69) is 26.6 Å². The molecule has 0 amide bonds. The monoisotopic (exact) mass is 308 g/mol. The molecule has 0 aliphatic carbocycles. The molecule has 3 aromatic rings. The highest BCUT2D eigenvalue weighted by atomic mass is 32.1. The fourth-order valence-electron chi connectivity index (χ4n) is 2.11. The molecule has 1 atom stereocenters. The summed E-state index contributed by atoms with van der Waals surface area (Å²) in [5.74, 6) is 1.11. The minimum atomic E-state index is 0.409. The zero-order chi connectivity index (χ0) is 13.9. The molecule has 7 heteroatoms. The number of ether oxygens (including phenoxy) is 1. The summed E-state index contributed by atoms with van der Waals surface area (Å²) in [6, 6.07) is 0. The summed E-state index contributed by atoms with van der Waals surface area (Å²) in [4.78, 5) is 9.76. The van der Waals surface area contributed by atoms with Crippen LogP contribution in [0.15, 0.2) is 23.2 Å². The molecule has 5 nitrogen and oxygen atoms in total. The van der Waals surface area contributed by atoms with E-state index in [0.717, 1.165) is 23.7 Å². The van der Waals surface area contributed by atoms with E-state index in [1.165, 1.54) is 5.01 Å². The number of methoxy groups -OCH3 is 1. The number of rotatable bonds is 6. The standard InChI is InChI=1S/C13H16N4OS2/c1-9(12-15-3-5-19-12)7-14-8-10-11(18-2)16-13-17(10)4-6-20-13/h3-6,9,14H,7-8H2,1-2H3. The van der Waals surface area contributed by atoms with Gasteiger partial charge in [-0.15, -0.1) is 22.7 Å². The second-order valence-corrected chi connectivity index (χ2v) is 6.32. The molecule has 1 unspecified atom stereocenters. The van der Waals surface area contributed by atoms with Crippen molar-refractivity contribution in [1.82, 2.24) is 19.7 Å². The number of fused-ring (bicyclic) bond motifs is 1. The van der Waals surface area contributed by atoms with E-state index in [1.54, 1.807) is 29.8 Å². The molecule has 0 aromatic carbocycles. The summed E-state index contributed by atoms with van der Waals surface area (Å²) in [5.41, 5.74) is 1.06. The van der Waals surface area contributed by atoms with Crippen LogP contribution in [0.2, 0.25) is 0 Å². The number of nitrogens with zero attached hydrogens (tertiary/aromatic N) is 3. The Morgan fingerprint density at radius 2 is 2.30 bits per heavy atom. The van der Waals surface area contributed by atoms with E-state index in [0.29, 0.717) is 11.8 Å². The lowest BCUT2D eigenvalue weighted by Gasteiger charge is -2.10. The van der Waals surface area contributed by atoms with Gasteiger partial charge in [-0.3, -0.25) is 4.40 Å². The smallest absolute Gasteiger partial charge is 0.237 e. The fraction of sp³-hybridized carbons (Fsp3) is 0.385. The normalized spacial score (nSPS) is 12.9. The molecular formula is C13H16N4OS2. The van der Waals surface area contributed by atoms with Crippen molar-refractivity contribution >= 4 is 27.6 Å². The summed E-state index contributed by atoms with van der Waals surface area (Å²) >= 11 is 3.31. The third-order valence-electron chi connectivity index (χ3n) is 3.13. The van der Waals surface area contributed by atoms with Crippen molar-refractivity contribution in [2.45, 2.75) is 19.4 Å². The van der Waals surface area contributed by atoms with Gasteiger partial charge in [0, 0.05) is 42.2 Å². The van der Waals surface area contributed by atoms with Crippen LogP contribution in [0.25, 0.3) is 4.96 Å². The van der Waals surface area contributed by atoms with Crippen LogP contribution in [0.3, 0.4) is 0 Å². The van der Waals surface area contributed by atoms with E-state index < -0.39 is 0 Å². The van der Waals surface area contributed by atoms with E-state index in [4.69, 9.17) is 4.74 Å². The van der Waals surface area contributed by atoms with Gasteiger partial charge in [0.15, 0.2) is 4.96 Å². The Kier molecular flexibility index (Phi) is 4.00. The lowest BCUT2D eigenvalue weighted by atomic mass is 10.2. The molecule has 3 aromatic heterocycles. The SMILES string of the molecule is COc1nc2sccn2c1CNCC(C)c1nccs1. The van der Waals surface area contributed by atoms with Crippen molar-refractivity contribution < 1.29 is 4.74 Å². The van der Waals surface area contributed by atoms with Crippen LogP contribution in [0, 0.1) is 0 Å². The molecule has 3 rings (SSSR count). The van der Waals surface area contributed by atoms with Crippen molar-refractivity contribution in [3.8, 4) is 5.88 Å². The Balaban J connectivity index is 1.66. The van der Waals surface area contributed by atoms with Gasteiger partial charge in [-0.2, -0.15) is 4.98 Å². The van der Waals surface area contributed by atoms with Crippen molar-refractivity contribution in [3.63, 3.8) is 0 Å². The van der Waals surface area contributed by atoms with E-state index in [1.807, 2.05) is 23.2 Å². The predicted octanol–water partition coefficient (Wildman–Crippen LogP) is 2.75. The molecule has 0 spiro atoms. The summed E-state index contributed by atoms with van der Waals surface area (Å²) in [6.45, 7) is 3.80. The molecule has 0 fully saturated rings. The second kappa shape index (κ2) is 5.90. The van der Waals surface area contributed by atoms with Gasteiger partial charge < -0.3 is 10.1 Å². The minimum Gasteiger partial charge on any atom is -0.480 e. The van der Waals surface area contributed by atoms with Crippen molar-refractivity contribution in [2.75, 3.05) is 13.7 Å². The first-order valence-corrected chi connectivity index (χ1v) is 8.14. The van der Waals surface area contributed by atoms with Gasteiger partial charge in [0.25, 0.3) is 0 Å². The summed E-state index contributed by atoms with van der Waals surface area (Å²) in [7, 11) is 1.66. The van der Waals surface area contributed by atoms with Crippen LogP contribution in [0.1, 0.15) is 23.5 Å². The largest absolute Gasteiger partial charge is 0.480 e. The van der Waals surface area contributed by atoms with E-state index >= 15 is 0 Å². The summed E-state index contributed by atoms with van der Waals surface area (Å²) < 4.78 is 7.42. The van der Waals surface area contributed by atoms with E-state index in [9.17, 15) is 0 Å². The minimum absolute atomic E-state index is 0.409. The topological polar surface area (TPSA) is 51.5 Å². The van der Waals surface area contributed by atoms with Gasteiger partial charge in [-0.1, -0.05) is 6.92 Å². The Bertz CT molecular complexity index is 674. The third-order valence-corrected chi connectivity index (χ3v) is 4.90. The van der Waals surface area contributed by atoms with Gasteiger partial charge in [0.2, 0.25) is 5.88 Å². The van der Waals surface area contributed by atoms with Gasteiger partial charge in [0.05, 0.1) is 12.1 Å². The van der Waals surface area contributed by atoms with Crippen LogP contribution < -0.4 is 10.1 Å².